The van der Waals surface area contributed by atoms with Crippen LogP contribution in [0.25, 0.3) is 0 Å². The van der Waals surface area contributed by atoms with Gasteiger partial charge >= 0.3 is 0 Å². The normalized spacial score (nSPS) is 19.5. The second kappa shape index (κ2) is 9.68. The van der Waals surface area contributed by atoms with Crippen LogP contribution in [0.5, 0.6) is 0 Å². The van der Waals surface area contributed by atoms with Gasteiger partial charge in [0.2, 0.25) is 15.9 Å². The molecule has 8 nitrogen and oxygen atoms in total. The number of nitrogens with zero attached hydrogens (tertiary/aromatic N) is 5. The van der Waals surface area contributed by atoms with Crippen LogP contribution in [0, 0.1) is 12.3 Å². The Morgan fingerprint density at radius 1 is 1.06 bits per heavy atom. The maximum atomic E-state index is 13.6. The SMILES string of the molecule is CCC1(C(=O)N2CCN(S(=O)(=O)c3ccccc3Br)CC2)CCN(c2ccnc(C)n2)CC1. The molecule has 2 aromatic rings. The van der Waals surface area contributed by atoms with Crippen LogP contribution < -0.4 is 4.90 Å². The zero-order chi connectivity index (χ0) is 23.6. The summed E-state index contributed by atoms with van der Waals surface area (Å²) in [7, 11) is -3.60. The number of hydrogen-bond donors (Lipinski definition) is 0. The number of carbonyl (C=O) groups is 1. The van der Waals surface area contributed by atoms with Gasteiger partial charge in [-0.2, -0.15) is 4.31 Å². The number of carbonyl (C=O) groups excluding carboxylic acids is 1. The number of halogens is 1. The molecule has 2 saturated heterocycles. The first-order valence-electron chi connectivity index (χ1n) is 11.4. The maximum Gasteiger partial charge on any atom is 0.244 e. The van der Waals surface area contributed by atoms with E-state index in [9.17, 15) is 13.2 Å². The minimum atomic E-state index is -3.60. The van der Waals surface area contributed by atoms with Crippen molar-refractivity contribution >= 4 is 37.7 Å². The lowest BCUT2D eigenvalue weighted by Crippen LogP contribution is -2.56. The Bertz CT molecular complexity index is 1110. The van der Waals surface area contributed by atoms with Crippen LogP contribution in [0.3, 0.4) is 0 Å². The summed E-state index contributed by atoms with van der Waals surface area (Å²) in [5.41, 5.74) is -0.401. The zero-order valence-electron chi connectivity index (χ0n) is 19.1. The van der Waals surface area contributed by atoms with Crippen molar-refractivity contribution in [1.29, 1.82) is 0 Å². The molecule has 0 radical (unpaired) electrons. The molecule has 1 aromatic heterocycles. The second-order valence-electron chi connectivity index (χ2n) is 8.71. The summed E-state index contributed by atoms with van der Waals surface area (Å²) in [5.74, 6) is 1.80. The van der Waals surface area contributed by atoms with Crippen molar-refractivity contribution < 1.29 is 13.2 Å². The molecule has 2 fully saturated rings. The quantitative estimate of drug-likeness (QED) is 0.584. The number of hydrogen-bond acceptors (Lipinski definition) is 6. The van der Waals surface area contributed by atoms with E-state index in [1.54, 1.807) is 30.5 Å². The molecule has 33 heavy (non-hydrogen) atoms. The summed E-state index contributed by atoms with van der Waals surface area (Å²) in [6.07, 6.45) is 4.08. The van der Waals surface area contributed by atoms with Gasteiger partial charge in [-0.15, -0.1) is 0 Å². The Balaban J connectivity index is 1.40. The van der Waals surface area contributed by atoms with E-state index in [4.69, 9.17) is 0 Å². The van der Waals surface area contributed by atoms with E-state index >= 15 is 0 Å². The second-order valence-corrected chi connectivity index (χ2v) is 11.5. The molecule has 0 saturated carbocycles. The minimum absolute atomic E-state index is 0.154. The van der Waals surface area contributed by atoms with Crippen LogP contribution in [0.2, 0.25) is 0 Å². The first-order chi connectivity index (χ1) is 15.8. The Hall–Kier alpha value is -2.04. The number of rotatable bonds is 5. The van der Waals surface area contributed by atoms with E-state index in [2.05, 4.69) is 37.7 Å². The smallest absolute Gasteiger partial charge is 0.244 e. The van der Waals surface area contributed by atoms with Crippen LogP contribution in [-0.4, -0.2) is 72.8 Å². The Morgan fingerprint density at radius 2 is 1.73 bits per heavy atom. The lowest BCUT2D eigenvalue weighted by molar-refractivity contribution is -0.145. The number of aryl methyl sites for hydroxylation is 1. The molecular formula is C23H30BrN5O3S. The van der Waals surface area contributed by atoms with Gasteiger partial charge in [-0.25, -0.2) is 18.4 Å². The molecule has 4 rings (SSSR count). The molecule has 0 spiro atoms. The molecule has 0 unspecified atom stereocenters. The Labute approximate surface area is 204 Å². The van der Waals surface area contributed by atoms with Crippen molar-refractivity contribution in [1.82, 2.24) is 19.2 Å². The summed E-state index contributed by atoms with van der Waals surface area (Å²) in [6.45, 7) is 6.94. The van der Waals surface area contributed by atoms with Gasteiger partial charge in [0.05, 0.1) is 10.3 Å². The average molecular weight is 536 g/mol. The van der Waals surface area contributed by atoms with E-state index in [1.165, 1.54) is 4.31 Å². The predicted molar refractivity (Wildman–Crippen MR) is 130 cm³/mol. The third kappa shape index (κ3) is 4.79. The van der Waals surface area contributed by atoms with Crippen LogP contribution in [0.15, 0.2) is 45.9 Å². The van der Waals surface area contributed by atoms with Crippen molar-refractivity contribution in [3.05, 3.63) is 46.8 Å². The third-order valence-corrected chi connectivity index (χ3v) is 9.83. The fourth-order valence-corrected chi connectivity index (χ4v) is 7.15. The average Bonchev–Trinajstić information content (AvgIpc) is 2.84. The van der Waals surface area contributed by atoms with Crippen LogP contribution in [0.4, 0.5) is 5.82 Å². The number of piperazine rings is 1. The highest BCUT2D eigenvalue weighted by Gasteiger charge is 2.43. The van der Waals surface area contributed by atoms with Gasteiger partial charge in [0.1, 0.15) is 11.6 Å². The molecule has 0 bridgehead atoms. The molecule has 10 heteroatoms. The van der Waals surface area contributed by atoms with Gasteiger partial charge < -0.3 is 9.80 Å². The third-order valence-electron chi connectivity index (χ3n) is 6.92. The van der Waals surface area contributed by atoms with Gasteiger partial charge in [-0.05, 0) is 60.3 Å². The van der Waals surface area contributed by atoms with E-state index in [0.717, 1.165) is 44.0 Å². The lowest BCUT2D eigenvalue weighted by atomic mass is 9.74. The van der Waals surface area contributed by atoms with E-state index in [-0.39, 0.29) is 10.8 Å². The number of amides is 1. The Kier molecular flexibility index (Phi) is 7.07. The van der Waals surface area contributed by atoms with E-state index < -0.39 is 15.4 Å². The molecule has 0 N–H and O–H groups in total. The largest absolute Gasteiger partial charge is 0.356 e. The molecule has 3 heterocycles. The number of piperidine rings is 1. The van der Waals surface area contributed by atoms with E-state index in [1.807, 2.05) is 17.9 Å². The fraction of sp³-hybridized carbons (Fsp3) is 0.522. The molecule has 2 aliphatic rings. The van der Waals surface area contributed by atoms with Crippen LogP contribution in [0.1, 0.15) is 32.0 Å². The summed E-state index contributed by atoms with van der Waals surface area (Å²) in [6, 6.07) is 8.76. The maximum absolute atomic E-state index is 13.6. The zero-order valence-corrected chi connectivity index (χ0v) is 21.5. The van der Waals surface area contributed by atoms with Gasteiger partial charge in [-0.3, -0.25) is 4.79 Å². The molecule has 2 aliphatic heterocycles. The number of aromatic nitrogens is 2. The van der Waals surface area contributed by atoms with E-state index in [0.29, 0.717) is 30.7 Å². The Morgan fingerprint density at radius 3 is 2.33 bits per heavy atom. The highest BCUT2D eigenvalue weighted by Crippen LogP contribution is 2.38. The first-order valence-corrected chi connectivity index (χ1v) is 13.6. The first kappa shape index (κ1) is 24.1. The molecule has 0 aliphatic carbocycles. The predicted octanol–water partition coefficient (Wildman–Crippen LogP) is 3.08. The topological polar surface area (TPSA) is 86.7 Å². The van der Waals surface area contributed by atoms with Crippen molar-refractivity contribution in [2.45, 2.75) is 38.0 Å². The molecule has 1 aromatic carbocycles. The number of anilines is 1. The monoisotopic (exact) mass is 535 g/mol. The van der Waals surface area contributed by atoms with Gasteiger partial charge in [-0.1, -0.05) is 19.1 Å². The number of sulfonamides is 1. The fourth-order valence-electron chi connectivity index (χ4n) is 4.76. The standard InChI is InChI=1S/C23H30BrN5O3S/c1-3-23(9-12-27(13-10-23)21-8-11-25-18(2)26-21)22(30)28-14-16-29(17-15-28)33(31,32)20-7-5-4-6-19(20)24/h4-8,11H,3,9-10,12-17H2,1-2H3. The van der Waals surface area contributed by atoms with Gasteiger partial charge in [0.25, 0.3) is 0 Å². The summed E-state index contributed by atoms with van der Waals surface area (Å²) >= 11 is 3.35. The van der Waals surface area contributed by atoms with Crippen LogP contribution >= 0.6 is 15.9 Å². The highest BCUT2D eigenvalue weighted by atomic mass is 79.9. The summed E-state index contributed by atoms with van der Waals surface area (Å²) in [4.78, 5) is 26.6. The van der Waals surface area contributed by atoms with Crippen molar-refractivity contribution in [3.63, 3.8) is 0 Å². The minimum Gasteiger partial charge on any atom is -0.356 e. The molecule has 178 valence electrons. The van der Waals surface area contributed by atoms with Crippen molar-refractivity contribution in [3.8, 4) is 0 Å². The molecular weight excluding hydrogens is 506 g/mol. The van der Waals surface area contributed by atoms with Crippen LogP contribution in [-0.2, 0) is 14.8 Å². The van der Waals surface area contributed by atoms with Crippen molar-refractivity contribution in [2.24, 2.45) is 5.41 Å². The van der Waals surface area contributed by atoms with Crippen molar-refractivity contribution in [2.75, 3.05) is 44.2 Å². The summed E-state index contributed by atoms with van der Waals surface area (Å²) < 4.78 is 28.2. The number of benzene rings is 1. The molecule has 1 amide bonds. The van der Waals surface area contributed by atoms with Gasteiger partial charge in [0, 0.05) is 49.9 Å². The lowest BCUT2D eigenvalue weighted by Gasteiger charge is -2.45. The highest BCUT2D eigenvalue weighted by molar-refractivity contribution is 9.10. The summed E-state index contributed by atoms with van der Waals surface area (Å²) in [5, 5.41) is 0. The van der Waals surface area contributed by atoms with Gasteiger partial charge in [0.15, 0.2) is 0 Å². The molecule has 0 atom stereocenters.